The first-order valence-electron chi connectivity index (χ1n) is 14.6. The number of allylic oxidation sites excluding steroid dienone is 4. The molecule has 0 amide bonds. The number of benzene rings is 4. The summed E-state index contributed by atoms with van der Waals surface area (Å²) in [6.07, 6.45) is 4.68. The predicted octanol–water partition coefficient (Wildman–Crippen LogP) is 9.49. The standard InChI is InChI=1S/C36H28Br2N2O2/c37-21-11-7-19(8-12-21)31-25-17-16-24-23(35(25)39-27-3-1-5-29(41)33(27)31)15-18-26-32(20-9-13-22(38)14-10-20)34-28(40-36(24)26)4-2-6-30(34)42/h7-18,31-32,39-40H,1-6H2. The number of Topliss-reactive ketones (excluding diaryl/α,β-unsaturated/α-hetero) is 2. The summed E-state index contributed by atoms with van der Waals surface area (Å²) in [5.41, 5.74) is 10.6. The molecule has 0 saturated heterocycles. The van der Waals surface area contributed by atoms with E-state index in [-0.39, 0.29) is 23.4 Å². The van der Waals surface area contributed by atoms with Crippen molar-refractivity contribution in [3.8, 4) is 0 Å². The highest BCUT2D eigenvalue weighted by Gasteiger charge is 2.38. The summed E-state index contributed by atoms with van der Waals surface area (Å²) in [4.78, 5) is 26.7. The van der Waals surface area contributed by atoms with Gasteiger partial charge in [-0.3, -0.25) is 9.59 Å². The minimum absolute atomic E-state index is 0.105. The topological polar surface area (TPSA) is 58.2 Å². The SMILES string of the molecule is O=C1CCCC2=C1C(c1ccc(Br)cc1)c1ccc3c4c(ccc3c1N2)C(c1ccc(Br)cc1)C1=C(CCCC1=O)N4. The highest BCUT2D eigenvalue weighted by molar-refractivity contribution is 9.10. The molecule has 8 rings (SSSR count). The molecule has 4 aliphatic rings. The van der Waals surface area contributed by atoms with Gasteiger partial charge in [-0.2, -0.15) is 0 Å². The fourth-order valence-corrected chi connectivity index (χ4v) is 8.00. The van der Waals surface area contributed by atoms with Gasteiger partial charge in [0.15, 0.2) is 11.6 Å². The molecule has 2 N–H and O–H groups in total. The van der Waals surface area contributed by atoms with Crippen molar-refractivity contribution < 1.29 is 9.59 Å². The maximum absolute atomic E-state index is 13.3. The molecule has 4 aromatic carbocycles. The summed E-state index contributed by atoms with van der Waals surface area (Å²) >= 11 is 7.15. The van der Waals surface area contributed by atoms with E-state index in [1.54, 1.807) is 0 Å². The van der Waals surface area contributed by atoms with Gasteiger partial charge >= 0.3 is 0 Å². The van der Waals surface area contributed by atoms with Crippen LogP contribution in [0.5, 0.6) is 0 Å². The van der Waals surface area contributed by atoms with E-state index in [0.29, 0.717) is 12.8 Å². The molecule has 4 nitrogen and oxygen atoms in total. The molecule has 0 aromatic heterocycles. The molecule has 2 aliphatic heterocycles. The number of rotatable bonds is 2. The number of ketones is 2. The van der Waals surface area contributed by atoms with Crippen LogP contribution < -0.4 is 10.6 Å². The van der Waals surface area contributed by atoms with Crippen molar-refractivity contribution in [2.24, 2.45) is 0 Å². The molecule has 0 bridgehead atoms. The number of fused-ring (bicyclic) bond motifs is 5. The number of hydrogen-bond acceptors (Lipinski definition) is 4. The van der Waals surface area contributed by atoms with Gasteiger partial charge in [-0.1, -0.05) is 80.4 Å². The van der Waals surface area contributed by atoms with Gasteiger partial charge < -0.3 is 10.6 Å². The van der Waals surface area contributed by atoms with Gasteiger partial charge in [-0.25, -0.2) is 0 Å². The second-order valence-corrected chi connectivity index (χ2v) is 13.5. The number of halogens is 2. The van der Waals surface area contributed by atoms with Crippen LogP contribution in [0.15, 0.2) is 104 Å². The molecule has 208 valence electrons. The molecule has 0 saturated carbocycles. The third-order valence-electron chi connectivity index (χ3n) is 9.34. The molecule has 42 heavy (non-hydrogen) atoms. The van der Waals surface area contributed by atoms with Crippen LogP contribution in [0.2, 0.25) is 0 Å². The Hall–Kier alpha value is -3.48. The summed E-state index contributed by atoms with van der Waals surface area (Å²) in [6, 6.07) is 25.6. The van der Waals surface area contributed by atoms with Crippen molar-refractivity contribution in [3.63, 3.8) is 0 Å². The van der Waals surface area contributed by atoms with Crippen molar-refractivity contribution in [3.05, 3.63) is 127 Å². The van der Waals surface area contributed by atoms with Crippen molar-refractivity contribution in [1.29, 1.82) is 0 Å². The first kappa shape index (κ1) is 26.2. The van der Waals surface area contributed by atoms with E-state index in [9.17, 15) is 9.59 Å². The van der Waals surface area contributed by atoms with Crippen LogP contribution in [0.3, 0.4) is 0 Å². The maximum atomic E-state index is 13.3. The second-order valence-electron chi connectivity index (χ2n) is 11.7. The van der Waals surface area contributed by atoms with Crippen LogP contribution in [0, 0.1) is 0 Å². The minimum atomic E-state index is -0.105. The van der Waals surface area contributed by atoms with E-state index < -0.39 is 0 Å². The van der Waals surface area contributed by atoms with E-state index in [2.05, 4.69) is 115 Å². The molecule has 2 unspecified atom stereocenters. The normalized spacial score (nSPS) is 21.3. The Morgan fingerprint density at radius 1 is 0.524 bits per heavy atom. The fourth-order valence-electron chi connectivity index (χ4n) is 7.47. The Labute approximate surface area is 261 Å². The van der Waals surface area contributed by atoms with Crippen LogP contribution in [0.4, 0.5) is 11.4 Å². The van der Waals surface area contributed by atoms with E-state index in [1.165, 1.54) is 0 Å². The number of carbonyl (C=O) groups excluding carboxylic acids is 2. The molecule has 2 aliphatic carbocycles. The number of hydrogen-bond donors (Lipinski definition) is 2. The Morgan fingerprint density at radius 2 is 0.929 bits per heavy atom. The summed E-state index contributed by atoms with van der Waals surface area (Å²) in [7, 11) is 0. The second kappa shape index (κ2) is 10.1. The zero-order valence-corrected chi connectivity index (χ0v) is 26.1. The molecule has 6 heteroatoms. The van der Waals surface area contributed by atoms with Crippen molar-refractivity contribution in [1.82, 2.24) is 0 Å². The van der Waals surface area contributed by atoms with Crippen molar-refractivity contribution in [2.75, 3.05) is 10.6 Å². The van der Waals surface area contributed by atoms with Gasteiger partial charge in [0.2, 0.25) is 0 Å². The van der Waals surface area contributed by atoms with Crippen LogP contribution in [0.1, 0.15) is 72.6 Å². The smallest absolute Gasteiger partial charge is 0.161 e. The highest BCUT2D eigenvalue weighted by Crippen LogP contribution is 2.52. The van der Waals surface area contributed by atoms with E-state index in [1.807, 2.05) is 0 Å². The molecule has 2 heterocycles. The lowest BCUT2D eigenvalue weighted by atomic mass is 9.73. The largest absolute Gasteiger partial charge is 0.358 e. The van der Waals surface area contributed by atoms with Crippen molar-refractivity contribution >= 4 is 65.6 Å². The molecule has 0 fully saturated rings. The Morgan fingerprint density at radius 3 is 1.33 bits per heavy atom. The zero-order chi connectivity index (χ0) is 28.5. The Bertz CT molecular complexity index is 1750. The molecule has 0 spiro atoms. The van der Waals surface area contributed by atoms with E-state index >= 15 is 0 Å². The van der Waals surface area contributed by atoms with Gasteiger partial charge in [-0.05, 0) is 72.2 Å². The summed E-state index contributed by atoms with van der Waals surface area (Å²) in [6.45, 7) is 0. The maximum Gasteiger partial charge on any atom is 0.161 e. The quantitative estimate of drug-likeness (QED) is 0.222. The summed E-state index contributed by atoms with van der Waals surface area (Å²) < 4.78 is 2.05. The van der Waals surface area contributed by atoms with Crippen LogP contribution in [-0.4, -0.2) is 11.6 Å². The third-order valence-corrected chi connectivity index (χ3v) is 10.4. The van der Waals surface area contributed by atoms with Crippen LogP contribution in [0.25, 0.3) is 10.8 Å². The van der Waals surface area contributed by atoms with E-state index in [0.717, 1.165) is 102 Å². The number of anilines is 2. The lowest BCUT2D eigenvalue weighted by Crippen LogP contribution is -2.28. The summed E-state index contributed by atoms with van der Waals surface area (Å²) in [5.74, 6) is 0.277. The third kappa shape index (κ3) is 4.06. The fraction of sp³-hybridized carbons (Fsp3) is 0.222. The van der Waals surface area contributed by atoms with Gasteiger partial charge in [-0.15, -0.1) is 0 Å². The molecular weight excluding hydrogens is 652 g/mol. The lowest BCUT2D eigenvalue weighted by Gasteiger charge is -2.37. The molecule has 0 radical (unpaired) electrons. The molecule has 2 atom stereocenters. The Kier molecular flexibility index (Phi) is 6.27. The predicted molar refractivity (Wildman–Crippen MR) is 175 cm³/mol. The monoisotopic (exact) mass is 678 g/mol. The average molecular weight is 680 g/mol. The Balaban J connectivity index is 1.34. The first-order chi connectivity index (χ1) is 20.5. The molecular formula is C36H28Br2N2O2. The number of nitrogens with one attached hydrogen (secondary N) is 2. The van der Waals surface area contributed by atoms with Crippen LogP contribution >= 0.6 is 31.9 Å². The number of carbonyl (C=O) groups is 2. The van der Waals surface area contributed by atoms with Crippen LogP contribution in [-0.2, 0) is 9.59 Å². The van der Waals surface area contributed by atoms with Gasteiger partial charge in [0, 0.05) is 66.9 Å². The van der Waals surface area contributed by atoms with E-state index in [4.69, 9.17) is 0 Å². The van der Waals surface area contributed by atoms with Crippen molar-refractivity contribution in [2.45, 2.75) is 50.4 Å². The van der Waals surface area contributed by atoms with Gasteiger partial charge in [0.05, 0.1) is 11.4 Å². The van der Waals surface area contributed by atoms with Gasteiger partial charge in [0.25, 0.3) is 0 Å². The lowest BCUT2D eigenvalue weighted by molar-refractivity contribution is -0.117. The van der Waals surface area contributed by atoms with Gasteiger partial charge in [0.1, 0.15) is 0 Å². The minimum Gasteiger partial charge on any atom is -0.358 e. The first-order valence-corrected chi connectivity index (χ1v) is 16.2. The highest BCUT2D eigenvalue weighted by atomic mass is 79.9. The average Bonchev–Trinajstić information content (AvgIpc) is 3.00. The zero-order valence-electron chi connectivity index (χ0n) is 22.9. The summed E-state index contributed by atoms with van der Waals surface area (Å²) in [5, 5.41) is 9.77. The molecule has 4 aromatic rings.